The highest BCUT2D eigenvalue weighted by Gasteiger charge is 2.05. The fourth-order valence-electron chi connectivity index (χ4n) is 3.74. The number of aromatic nitrogens is 6. The Hall–Kier alpha value is -5.10. The number of methoxy groups -OCH3 is 3. The van der Waals surface area contributed by atoms with Crippen molar-refractivity contribution in [2.24, 2.45) is 0 Å². The second kappa shape index (κ2) is 14.2. The summed E-state index contributed by atoms with van der Waals surface area (Å²) in [7, 11) is 4.82. The predicted octanol–water partition coefficient (Wildman–Crippen LogP) is 6.00. The van der Waals surface area contributed by atoms with Crippen molar-refractivity contribution >= 4 is 38.3 Å². The molecule has 0 radical (unpaired) electrons. The van der Waals surface area contributed by atoms with Gasteiger partial charge in [-0.15, -0.1) is 0 Å². The molecule has 0 aliphatic rings. The van der Waals surface area contributed by atoms with Gasteiger partial charge in [-0.25, -0.2) is 9.97 Å². The fraction of sp³-hybridized carbons (Fsp3) is 0.161. The van der Waals surface area contributed by atoms with Crippen molar-refractivity contribution in [2.45, 2.75) is 13.2 Å². The van der Waals surface area contributed by atoms with Crippen LogP contribution in [0.1, 0.15) is 11.1 Å². The number of ether oxygens (including phenoxy) is 5. The summed E-state index contributed by atoms with van der Waals surface area (Å²) in [6.45, 7) is 0.851. The van der Waals surface area contributed by atoms with Crippen LogP contribution in [-0.2, 0) is 13.2 Å². The molecule has 0 saturated carbocycles. The molecule has 11 nitrogen and oxygen atoms in total. The Balaban J connectivity index is 0.000000171. The van der Waals surface area contributed by atoms with Gasteiger partial charge in [0.1, 0.15) is 40.3 Å². The molecule has 0 N–H and O–H groups in total. The van der Waals surface area contributed by atoms with Crippen LogP contribution in [0.25, 0.3) is 22.3 Å². The van der Waals surface area contributed by atoms with Gasteiger partial charge in [-0.3, -0.25) is 4.98 Å². The molecule has 2 aromatic carbocycles. The average Bonchev–Trinajstić information content (AvgIpc) is 3.06. The van der Waals surface area contributed by atoms with E-state index in [1.165, 1.54) is 0 Å². The van der Waals surface area contributed by atoms with Crippen molar-refractivity contribution in [3.8, 4) is 29.1 Å². The molecule has 0 aliphatic heterocycles. The SMILES string of the molecule is COc1ccc(COc2ccc3ncc(Br)nc3n2)cc1.COc1ccc(COc2ccc3ncc(OC)nc3n2)cc1. The molecule has 12 heteroatoms. The van der Waals surface area contributed by atoms with Crippen molar-refractivity contribution in [2.75, 3.05) is 21.3 Å². The normalized spacial score (nSPS) is 10.5. The second-order valence-electron chi connectivity index (χ2n) is 8.86. The van der Waals surface area contributed by atoms with Gasteiger partial charge in [-0.2, -0.15) is 15.0 Å². The second-order valence-corrected chi connectivity index (χ2v) is 9.68. The molecule has 0 saturated heterocycles. The van der Waals surface area contributed by atoms with E-state index in [9.17, 15) is 0 Å². The maximum atomic E-state index is 5.69. The van der Waals surface area contributed by atoms with E-state index in [4.69, 9.17) is 23.7 Å². The summed E-state index contributed by atoms with van der Waals surface area (Å²) in [6.07, 6.45) is 3.20. The summed E-state index contributed by atoms with van der Waals surface area (Å²) >= 11 is 3.28. The number of rotatable bonds is 9. The van der Waals surface area contributed by atoms with E-state index in [0.717, 1.165) is 28.1 Å². The van der Waals surface area contributed by atoms with Crippen LogP contribution in [0.15, 0.2) is 89.8 Å². The molecule has 0 atom stereocenters. The number of pyridine rings is 2. The zero-order valence-electron chi connectivity index (χ0n) is 23.6. The van der Waals surface area contributed by atoms with Gasteiger partial charge in [0.25, 0.3) is 0 Å². The van der Waals surface area contributed by atoms with E-state index in [2.05, 4.69) is 45.8 Å². The monoisotopic (exact) mass is 642 g/mol. The highest BCUT2D eigenvalue weighted by molar-refractivity contribution is 9.10. The minimum atomic E-state index is 0.417. The molecular weight excluding hydrogens is 616 g/mol. The van der Waals surface area contributed by atoms with Crippen LogP contribution >= 0.6 is 15.9 Å². The lowest BCUT2D eigenvalue weighted by Crippen LogP contribution is -1.99. The first-order valence-corrected chi connectivity index (χ1v) is 13.8. The molecule has 0 aliphatic carbocycles. The first-order valence-electron chi connectivity index (χ1n) is 13.0. The Morgan fingerprint density at radius 3 is 1.47 bits per heavy atom. The molecule has 4 heterocycles. The van der Waals surface area contributed by atoms with Crippen LogP contribution in [0, 0.1) is 0 Å². The summed E-state index contributed by atoms with van der Waals surface area (Å²) in [4.78, 5) is 25.6. The predicted molar refractivity (Wildman–Crippen MR) is 164 cm³/mol. The minimum absolute atomic E-state index is 0.417. The van der Waals surface area contributed by atoms with Crippen LogP contribution in [-0.4, -0.2) is 51.2 Å². The van der Waals surface area contributed by atoms with E-state index in [0.29, 0.717) is 52.3 Å². The van der Waals surface area contributed by atoms with Crippen LogP contribution < -0.4 is 23.7 Å². The van der Waals surface area contributed by atoms with Crippen LogP contribution in [0.2, 0.25) is 0 Å². The summed E-state index contributed by atoms with van der Waals surface area (Å²) in [5.74, 6) is 3.07. The molecular formula is C31H27BrN6O5. The van der Waals surface area contributed by atoms with Gasteiger partial charge in [-0.1, -0.05) is 24.3 Å². The van der Waals surface area contributed by atoms with E-state index >= 15 is 0 Å². The molecule has 0 amide bonds. The maximum Gasteiger partial charge on any atom is 0.234 e. The molecule has 6 rings (SSSR count). The molecule has 0 fully saturated rings. The zero-order valence-corrected chi connectivity index (χ0v) is 25.2. The van der Waals surface area contributed by atoms with Gasteiger partial charge < -0.3 is 23.7 Å². The summed E-state index contributed by atoms with van der Waals surface area (Å²) in [5.41, 5.74) is 4.54. The van der Waals surface area contributed by atoms with Crippen molar-refractivity contribution in [3.05, 3.63) is 101 Å². The van der Waals surface area contributed by atoms with E-state index in [1.54, 1.807) is 45.9 Å². The highest BCUT2D eigenvalue weighted by atomic mass is 79.9. The molecule has 6 aromatic rings. The smallest absolute Gasteiger partial charge is 0.234 e. The van der Waals surface area contributed by atoms with Gasteiger partial charge >= 0.3 is 0 Å². The first-order chi connectivity index (χ1) is 21.0. The lowest BCUT2D eigenvalue weighted by molar-refractivity contribution is 0.294. The molecule has 0 unspecified atom stereocenters. The van der Waals surface area contributed by atoms with E-state index in [-0.39, 0.29) is 0 Å². The first kappa shape index (κ1) is 29.4. The fourth-order valence-corrected chi connectivity index (χ4v) is 4.01. The van der Waals surface area contributed by atoms with Gasteiger partial charge in [-0.05, 0) is 63.5 Å². The van der Waals surface area contributed by atoms with Gasteiger partial charge in [0.05, 0.1) is 33.7 Å². The molecule has 218 valence electrons. The van der Waals surface area contributed by atoms with Crippen molar-refractivity contribution < 1.29 is 23.7 Å². The maximum absolute atomic E-state index is 5.69. The molecule has 43 heavy (non-hydrogen) atoms. The van der Waals surface area contributed by atoms with Gasteiger partial charge in [0.2, 0.25) is 17.6 Å². The average molecular weight is 643 g/mol. The Kier molecular flexibility index (Phi) is 9.70. The summed E-state index contributed by atoms with van der Waals surface area (Å²) in [6, 6.07) is 22.6. The van der Waals surface area contributed by atoms with Crippen LogP contribution in [0.4, 0.5) is 0 Å². The third-order valence-corrected chi connectivity index (χ3v) is 6.39. The molecule has 0 spiro atoms. The van der Waals surface area contributed by atoms with E-state index in [1.807, 2.05) is 60.7 Å². The van der Waals surface area contributed by atoms with Crippen molar-refractivity contribution in [1.29, 1.82) is 0 Å². The van der Waals surface area contributed by atoms with E-state index < -0.39 is 0 Å². The molecule has 0 bridgehead atoms. The quantitative estimate of drug-likeness (QED) is 0.184. The lowest BCUT2D eigenvalue weighted by atomic mass is 10.2. The molecule has 4 aromatic heterocycles. The Morgan fingerprint density at radius 2 is 0.977 bits per heavy atom. The lowest BCUT2D eigenvalue weighted by Gasteiger charge is -2.07. The third kappa shape index (κ3) is 8.01. The minimum Gasteiger partial charge on any atom is -0.497 e. The third-order valence-electron chi connectivity index (χ3n) is 6.01. The summed E-state index contributed by atoms with van der Waals surface area (Å²) < 4.78 is 27.3. The number of halogens is 1. The van der Waals surface area contributed by atoms with Gasteiger partial charge in [0.15, 0.2) is 11.3 Å². The largest absolute Gasteiger partial charge is 0.497 e. The number of hydrogen-bond acceptors (Lipinski definition) is 11. The number of benzene rings is 2. The zero-order chi connectivity index (χ0) is 30.0. The Bertz CT molecular complexity index is 1810. The number of hydrogen-bond donors (Lipinski definition) is 0. The summed E-state index contributed by atoms with van der Waals surface area (Å²) in [5, 5.41) is 0. The van der Waals surface area contributed by atoms with Gasteiger partial charge in [0, 0.05) is 12.1 Å². The number of fused-ring (bicyclic) bond motifs is 2. The highest BCUT2D eigenvalue weighted by Crippen LogP contribution is 2.19. The topological polar surface area (TPSA) is 123 Å². The standard InChI is InChI=1S/C16H15N3O3.C15H12BrN3O2/c1-20-12-5-3-11(4-6-12)10-22-14-8-7-13-16(18-14)19-15(21-2)9-17-13;1-20-11-4-2-10(3-5-11)9-21-14-7-6-12-15(19-14)18-13(16)8-17-12/h3-9H,10H2,1-2H3;2-8H,9H2,1H3. The van der Waals surface area contributed by atoms with Crippen LogP contribution in [0.3, 0.4) is 0 Å². The van der Waals surface area contributed by atoms with Crippen molar-refractivity contribution in [1.82, 2.24) is 29.9 Å². The number of nitrogens with zero attached hydrogens (tertiary/aromatic N) is 6. The Labute approximate surface area is 256 Å². The Morgan fingerprint density at radius 1 is 0.512 bits per heavy atom. The van der Waals surface area contributed by atoms with Crippen molar-refractivity contribution in [3.63, 3.8) is 0 Å². The van der Waals surface area contributed by atoms with Crippen LogP contribution in [0.5, 0.6) is 29.1 Å².